The lowest BCUT2D eigenvalue weighted by Gasteiger charge is -2.27. The predicted molar refractivity (Wildman–Crippen MR) is 75.3 cm³/mol. The van der Waals surface area contributed by atoms with Gasteiger partial charge in [-0.1, -0.05) is 32.4 Å². The normalized spacial score (nSPS) is 12.7. The number of hydrogen-bond donors (Lipinski definition) is 2. The Labute approximate surface area is 114 Å². The van der Waals surface area contributed by atoms with Gasteiger partial charge in [-0.05, 0) is 20.8 Å². The molecule has 18 heavy (non-hydrogen) atoms. The third-order valence-corrected chi connectivity index (χ3v) is 2.98. The van der Waals surface area contributed by atoms with Crippen molar-refractivity contribution in [2.45, 2.75) is 52.5 Å². The van der Waals surface area contributed by atoms with Crippen LogP contribution >= 0.6 is 11.6 Å². The van der Waals surface area contributed by atoms with Crippen LogP contribution in [0.4, 0.5) is 5.82 Å². The van der Waals surface area contributed by atoms with Gasteiger partial charge >= 0.3 is 0 Å². The van der Waals surface area contributed by atoms with E-state index >= 15 is 0 Å². The zero-order chi connectivity index (χ0) is 14.1. The van der Waals surface area contributed by atoms with E-state index in [0.717, 1.165) is 5.56 Å². The first-order valence-electron chi connectivity index (χ1n) is 6.00. The molecule has 2 N–H and O–H groups in total. The molecule has 4 nitrogen and oxygen atoms in total. The van der Waals surface area contributed by atoms with E-state index in [0.29, 0.717) is 16.8 Å². The summed E-state index contributed by atoms with van der Waals surface area (Å²) < 4.78 is 0. The van der Waals surface area contributed by atoms with Crippen molar-refractivity contribution < 1.29 is 5.11 Å². The number of rotatable bonds is 3. The number of nitrogens with zero attached hydrogens (tertiary/aromatic N) is 2. The van der Waals surface area contributed by atoms with E-state index in [1.165, 1.54) is 0 Å². The van der Waals surface area contributed by atoms with Gasteiger partial charge < -0.3 is 10.4 Å². The molecule has 1 rings (SSSR count). The summed E-state index contributed by atoms with van der Waals surface area (Å²) in [4.78, 5) is 8.83. The van der Waals surface area contributed by atoms with Crippen molar-refractivity contribution in [2.75, 3.05) is 11.9 Å². The SMILES string of the molecule is Cc1c(Cl)nc(C(C)(C)C)nc1NC(C)(C)CO. The minimum atomic E-state index is -0.447. The Morgan fingerprint density at radius 2 is 1.72 bits per heavy atom. The van der Waals surface area contributed by atoms with Crippen LogP contribution in [0.15, 0.2) is 0 Å². The highest BCUT2D eigenvalue weighted by Gasteiger charge is 2.23. The van der Waals surface area contributed by atoms with Gasteiger partial charge in [-0.15, -0.1) is 0 Å². The maximum absolute atomic E-state index is 9.31. The van der Waals surface area contributed by atoms with Gasteiger partial charge in [-0.25, -0.2) is 9.97 Å². The van der Waals surface area contributed by atoms with Gasteiger partial charge in [0.05, 0.1) is 12.1 Å². The smallest absolute Gasteiger partial charge is 0.137 e. The predicted octanol–water partition coefficient (Wildman–Crippen LogP) is 2.92. The Bertz CT molecular complexity index is 439. The molecule has 0 amide bonds. The zero-order valence-electron chi connectivity index (χ0n) is 11.9. The van der Waals surface area contributed by atoms with Crippen LogP contribution in [-0.4, -0.2) is 27.2 Å². The topological polar surface area (TPSA) is 58.0 Å². The molecule has 102 valence electrons. The molecule has 0 saturated carbocycles. The lowest BCUT2D eigenvalue weighted by molar-refractivity contribution is 0.233. The quantitative estimate of drug-likeness (QED) is 0.830. The summed E-state index contributed by atoms with van der Waals surface area (Å²) in [5, 5.41) is 13.0. The van der Waals surface area contributed by atoms with Crippen LogP contribution in [0.25, 0.3) is 0 Å². The molecular weight excluding hydrogens is 250 g/mol. The van der Waals surface area contributed by atoms with Gasteiger partial charge in [0.25, 0.3) is 0 Å². The number of halogens is 1. The molecule has 0 radical (unpaired) electrons. The molecule has 0 aliphatic carbocycles. The summed E-state index contributed by atoms with van der Waals surface area (Å²) in [7, 11) is 0. The first-order valence-corrected chi connectivity index (χ1v) is 6.38. The maximum Gasteiger partial charge on any atom is 0.137 e. The average molecular weight is 272 g/mol. The van der Waals surface area contributed by atoms with Crippen molar-refractivity contribution in [1.82, 2.24) is 9.97 Å². The Kier molecular flexibility index (Phi) is 4.23. The Morgan fingerprint density at radius 1 is 1.17 bits per heavy atom. The molecule has 0 aliphatic rings. The second-order valence-corrected chi connectivity index (χ2v) is 6.59. The molecular formula is C13H22ClN3O. The largest absolute Gasteiger partial charge is 0.394 e. The zero-order valence-corrected chi connectivity index (χ0v) is 12.7. The highest BCUT2D eigenvalue weighted by molar-refractivity contribution is 6.30. The van der Waals surface area contributed by atoms with Crippen LogP contribution in [0.3, 0.4) is 0 Å². The number of aliphatic hydroxyl groups excluding tert-OH is 1. The van der Waals surface area contributed by atoms with Crippen molar-refractivity contribution in [2.24, 2.45) is 0 Å². The second kappa shape index (κ2) is 5.02. The monoisotopic (exact) mass is 271 g/mol. The molecule has 0 aliphatic heterocycles. The number of anilines is 1. The van der Waals surface area contributed by atoms with Crippen molar-refractivity contribution in [3.63, 3.8) is 0 Å². The molecule has 0 fully saturated rings. The van der Waals surface area contributed by atoms with E-state index in [1.54, 1.807) is 0 Å². The summed E-state index contributed by atoms with van der Waals surface area (Å²) in [6.07, 6.45) is 0. The van der Waals surface area contributed by atoms with Crippen LogP contribution in [0.5, 0.6) is 0 Å². The molecule has 0 aromatic carbocycles. The van der Waals surface area contributed by atoms with Gasteiger partial charge in [0, 0.05) is 11.0 Å². The molecule has 0 unspecified atom stereocenters. The Hall–Kier alpha value is -0.870. The van der Waals surface area contributed by atoms with Crippen LogP contribution in [0.1, 0.15) is 46.0 Å². The molecule has 0 saturated heterocycles. The standard InChI is InChI=1S/C13H22ClN3O/c1-8-9(14)15-11(12(2,3)4)16-10(8)17-13(5,6)7-18/h18H,7H2,1-6H3,(H,15,16,17). The summed E-state index contributed by atoms with van der Waals surface area (Å²) >= 11 is 6.14. The van der Waals surface area contributed by atoms with E-state index in [1.807, 2.05) is 41.5 Å². The molecule has 1 heterocycles. The fourth-order valence-electron chi connectivity index (χ4n) is 1.31. The Morgan fingerprint density at radius 3 is 2.17 bits per heavy atom. The summed E-state index contributed by atoms with van der Waals surface area (Å²) in [6, 6.07) is 0. The number of nitrogens with one attached hydrogen (secondary N) is 1. The van der Waals surface area contributed by atoms with Crippen molar-refractivity contribution in [3.05, 3.63) is 16.5 Å². The molecule has 0 spiro atoms. The van der Waals surface area contributed by atoms with Gasteiger partial charge in [-0.3, -0.25) is 0 Å². The van der Waals surface area contributed by atoms with E-state index in [9.17, 15) is 5.11 Å². The van der Waals surface area contributed by atoms with Crippen LogP contribution < -0.4 is 5.32 Å². The van der Waals surface area contributed by atoms with Crippen molar-refractivity contribution >= 4 is 17.4 Å². The van der Waals surface area contributed by atoms with Crippen molar-refractivity contribution in [1.29, 1.82) is 0 Å². The van der Waals surface area contributed by atoms with E-state index in [4.69, 9.17) is 11.6 Å². The highest BCUT2D eigenvalue weighted by atomic mass is 35.5. The van der Waals surface area contributed by atoms with Crippen LogP contribution in [0.2, 0.25) is 5.15 Å². The number of aromatic nitrogens is 2. The molecule has 5 heteroatoms. The van der Waals surface area contributed by atoms with E-state index in [2.05, 4.69) is 15.3 Å². The minimum Gasteiger partial charge on any atom is -0.394 e. The second-order valence-electron chi connectivity index (χ2n) is 6.23. The van der Waals surface area contributed by atoms with E-state index < -0.39 is 5.54 Å². The third-order valence-electron chi connectivity index (χ3n) is 2.61. The molecule has 0 bridgehead atoms. The maximum atomic E-state index is 9.31. The van der Waals surface area contributed by atoms with Crippen LogP contribution in [-0.2, 0) is 5.41 Å². The highest BCUT2D eigenvalue weighted by Crippen LogP contribution is 2.27. The Balaban J connectivity index is 3.23. The fourth-order valence-corrected chi connectivity index (χ4v) is 1.48. The number of hydrogen-bond acceptors (Lipinski definition) is 4. The third kappa shape index (κ3) is 3.56. The number of aliphatic hydroxyl groups is 1. The first kappa shape index (κ1) is 15.2. The van der Waals surface area contributed by atoms with E-state index in [-0.39, 0.29) is 12.0 Å². The van der Waals surface area contributed by atoms with Gasteiger partial charge in [0.1, 0.15) is 16.8 Å². The summed E-state index contributed by atoms with van der Waals surface area (Å²) in [5.74, 6) is 1.37. The lowest BCUT2D eigenvalue weighted by Crippen LogP contribution is -2.36. The molecule has 1 aromatic heterocycles. The van der Waals surface area contributed by atoms with Gasteiger partial charge in [0.15, 0.2) is 0 Å². The lowest BCUT2D eigenvalue weighted by atomic mass is 9.95. The average Bonchev–Trinajstić information content (AvgIpc) is 2.22. The minimum absolute atomic E-state index is 0.0128. The summed E-state index contributed by atoms with van der Waals surface area (Å²) in [5.41, 5.74) is 0.181. The summed E-state index contributed by atoms with van der Waals surface area (Å²) in [6.45, 7) is 11.8. The first-order chi connectivity index (χ1) is 8.07. The van der Waals surface area contributed by atoms with Gasteiger partial charge in [-0.2, -0.15) is 0 Å². The fraction of sp³-hybridized carbons (Fsp3) is 0.692. The molecule has 0 atom stereocenters. The van der Waals surface area contributed by atoms with Crippen molar-refractivity contribution in [3.8, 4) is 0 Å². The van der Waals surface area contributed by atoms with Crippen LogP contribution in [0, 0.1) is 6.92 Å². The van der Waals surface area contributed by atoms with Gasteiger partial charge in [0.2, 0.25) is 0 Å². The molecule has 1 aromatic rings.